The Morgan fingerprint density at radius 1 is 1.36 bits per heavy atom. The lowest BCUT2D eigenvalue weighted by Crippen LogP contribution is -2.16. The minimum atomic E-state index is 0.103. The SMILES string of the molecule is CC1(C)C(C(N)c2cscn2)C1(C)C. The minimum Gasteiger partial charge on any atom is -0.322 e. The fraction of sp³-hybridized carbons (Fsp3) is 0.727. The number of thiazole rings is 1. The monoisotopic (exact) mass is 210 g/mol. The van der Waals surface area contributed by atoms with Gasteiger partial charge in [-0.25, -0.2) is 4.98 Å². The molecule has 14 heavy (non-hydrogen) atoms. The highest BCUT2D eigenvalue weighted by atomic mass is 32.1. The Morgan fingerprint density at radius 2 is 1.93 bits per heavy atom. The van der Waals surface area contributed by atoms with E-state index in [2.05, 4.69) is 38.1 Å². The van der Waals surface area contributed by atoms with Crippen LogP contribution in [0.5, 0.6) is 0 Å². The Bertz CT molecular complexity index is 313. The van der Waals surface area contributed by atoms with Gasteiger partial charge in [-0.15, -0.1) is 11.3 Å². The zero-order valence-electron chi connectivity index (χ0n) is 9.24. The van der Waals surface area contributed by atoms with Crippen LogP contribution in [-0.2, 0) is 0 Å². The molecule has 0 aromatic carbocycles. The molecule has 2 N–H and O–H groups in total. The molecule has 0 bridgehead atoms. The summed E-state index contributed by atoms with van der Waals surface area (Å²) < 4.78 is 0. The standard InChI is InChI=1S/C11H18N2S/c1-10(2)9(11(10,3)4)8(12)7-5-14-6-13-7/h5-6,8-9H,12H2,1-4H3. The molecule has 1 atom stereocenters. The van der Waals surface area contributed by atoms with E-state index in [-0.39, 0.29) is 6.04 Å². The Balaban J connectivity index is 2.20. The summed E-state index contributed by atoms with van der Waals surface area (Å²) in [5.41, 5.74) is 9.84. The average Bonchev–Trinajstić information content (AvgIpc) is 2.53. The smallest absolute Gasteiger partial charge is 0.0795 e. The van der Waals surface area contributed by atoms with Crippen molar-refractivity contribution in [3.63, 3.8) is 0 Å². The highest BCUT2D eigenvalue weighted by Crippen LogP contribution is 2.71. The van der Waals surface area contributed by atoms with Gasteiger partial charge in [0.1, 0.15) is 0 Å². The van der Waals surface area contributed by atoms with E-state index in [1.165, 1.54) is 0 Å². The van der Waals surface area contributed by atoms with E-state index < -0.39 is 0 Å². The summed E-state index contributed by atoms with van der Waals surface area (Å²) in [5.74, 6) is 0.553. The molecule has 78 valence electrons. The molecule has 0 aliphatic heterocycles. The average molecular weight is 210 g/mol. The zero-order valence-corrected chi connectivity index (χ0v) is 10.1. The van der Waals surface area contributed by atoms with Crippen molar-refractivity contribution in [2.24, 2.45) is 22.5 Å². The van der Waals surface area contributed by atoms with E-state index in [4.69, 9.17) is 5.73 Å². The molecule has 1 aromatic heterocycles. The van der Waals surface area contributed by atoms with Crippen molar-refractivity contribution >= 4 is 11.3 Å². The number of rotatable bonds is 2. The Labute approximate surface area is 89.5 Å². The fourth-order valence-electron chi connectivity index (χ4n) is 2.70. The fourth-order valence-corrected chi connectivity index (χ4v) is 3.30. The van der Waals surface area contributed by atoms with Crippen molar-refractivity contribution < 1.29 is 0 Å². The number of nitrogens with two attached hydrogens (primary N) is 1. The third-order valence-corrected chi connectivity index (χ3v) is 4.89. The normalized spacial score (nSPS) is 26.1. The molecule has 2 rings (SSSR count). The van der Waals surface area contributed by atoms with Crippen molar-refractivity contribution in [2.75, 3.05) is 0 Å². The molecular weight excluding hydrogens is 192 g/mol. The molecule has 0 saturated heterocycles. The first-order valence-corrected chi connectivity index (χ1v) is 5.97. The van der Waals surface area contributed by atoms with Crippen LogP contribution in [0.2, 0.25) is 0 Å². The lowest BCUT2D eigenvalue weighted by atomic mass is 10.0. The molecule has 1 aliphatic carbocycles. The predicted octanol–water partition coefficient (Wildman–Crippen LogP) is 2.83. The summed E-state index contributed by atoms with van der Waals surface area (Å²) in [7, 11) is 0. The molecule has 1 aliphatic rings. The van der Waals surface area contributed by atoms with Crippen molar-refractivity contribution in [2.45, 2.75) is 33.7 Å². The quantitative estimate of drug-likeness (QED) is 0.815. The lowest BCUT2D eigenvalue weighted by molar-refractivity contribution is 0.457. The van der Waals surface area contributed by atoms with Crippen molar-refractivity contribution in [1.82, 2.24) is 4.98 Å². The Hall–Kier alpha value is -0.410. The molecule has 1 saturated carbocycles. The second-order valence-corrected chi connectivity index (χ2v) is 6.08. The van der Waals surface area contributed by atoms with Gasteiger partial charge in [0, 0.05) is 5.38 Å². The first-order chi connectivity index (χ1) is 6.39. The third kappa shape index (κ3) is 1.15. The summed E-state index contributed by atoms with van der Waals surface area (Å²) >= 11 is 1.62. The molecular formula is C11H18N2S. The summed E-state index contributed by atoms with van der Waals surface area (Å²) in [6.45, 7) is 9.18. The van der Waals surface area contributed by atoms with E-state index >= 15 is 0 Å². The molecule has 0 spiro atoms. The lowest BCUT2D eigenvalue weighted by Gasteiger charge is -2.10. The van der Waals surface area contributed by atoms with Crippen molar-refractivity contribution in [3.8, 4) is 0 Å². The molecule has 2 nitrogen and oxygen atoms in total. The van der Waals surface area contributed by atoms with Crippen LogP contribution in [0.1, 0.15) is 39.4 Å². The van der Waals surface area contributed by atoms with E-state index in [1.54, 1.807) is 11.3 Å². The number of aromatic nitrogens is 1. The topological polar surface area (TPSA) is 38.9 Å². The van der Waals surface area contributed by atoms with E-state index in [9.17, 15) is 0 Å². The van der Waals surface area contributed by atoms with Gasteiger partial charge in [-0.3, -0.25) is 0 Å². The number of hydrogen-bond donors (Lipinski definition) is 1. The molecule has 1 unspecified atom stereocenters. The summed E-state index contributed by atoms with van der Waals surface area (Å²) in [6, 6.07) is 0.103. The third-order valence-electron chi connectivity index (χ3n) is 4.28. The van der Waals surface area contributed by atoms with Crippen LogP contribution in [0.4, 0.5) is 0 Å². The van der Waals surface area contributed by atoms with Crippen LogP contribution in [0.3, 0.4) is 0 Å². The Kier molecular flexibility index (Phi) is 2.02. The first-order valence-electron chi connectivity index (χ1n) is 5.02. The van der Waals surface area contributed by atoms with Gasteiger partial charge in [-0.2, -0.15) is 0 Å². The molecule has 1 heterocycles. The highest BCUT2D eigenvalue weighted by molar-refractivity contribution is 7.07. The second-order valence-electron chi connectivity index (χ2n) is 5.36. The van der Waals surface area contributed by atoms with Crippen molar-refractivity contribution in [1.29, 1.82) is 0 Å². The van der Waals surface area contributed by atoms with Crippen LogP contribution in [0, 0.1) is 16.7 Å². The molecule has 1 aromatic rings. The maximum absolute atomic E-state index is 6.24. The summed E-state index contributed by atoms with van der Waals surface area (Å²) in [6.07, 6.45) is 0. The van der Waals surface area contributed by atoms with Gasteiger partial charge in [0.25, 0.3) is 0 Å². The number of hydrogen-bond acceptors (Lipinski definition) is 3. The molecule has 0 radical (unpaired) electrons. The minimum absolute atomic E-state index is 0.103. The van der Waals surface area contributed by atoms with E-state index in [0.29, 0.717) is 16.7 Å². The molecule has 1 fully saturated rings. The van der Waals surface area contributed by atoms with Crippen LogP contribution in [0.25, 0.3) is 0 Å². The van der Waals surface area contributed by atoms with Crippen LogP contribution >= 0.6 is 11.3 Å². The van der Waals surface area contributed by atoms with Crippen LogP contribution in [-0.4, -0.2) is 4.98 Å². The van der Waals surface area contributed by atoms with Gasteiger partial charge in [0.2, 0.25) is 0 Å². The van der Waals surface area contributed by atoms with Gasteiger partial charge < -0.3 is 5.73 Å². The highest BCUT2D eigenvalue weighted by Gasteiger charge is 2.66. The van der Waals surface area contributed by atoms with Gasteiger partial charge >= 0.3 is 0 Å². The maximum atomic E-state index is 6.24. The predicted molar refractivity (Wildman–Crippen MR) is 60.1 cm³/mol. The van der Waals surface area contributed by atoms with E-state index in [1.807, 2.05) is 5.51 Å². The van der Waals surface area contributed by atoms with Crippen molar-refractivity contribution in [3.05, 3.63) is 16.6 Å². The summed E-state index contributed by atoms with van der Waals surface area (Å²) in [5, 5.41) is 2.06. The largest absolute Gasteiger partial charge is 0.322 e. The van der Waals surface area contributed by atoms with Gasteiger partial charge in [0.15, 0.2) is 0 Å². The van der Waals surface area contributed by atoms with Gasteiger partial charge in [0.05, 0.1) is 17.2 Å². The maximum Gasteiger partial charge on any atom is 0.0795 e. The first kappa shape index (κ1) is 10.1. The number of nitrogens with zero attached hydrogens (tertiary/aromatic N) is 1. The van der Waals surface area contributed by atoms with Gasteiger partial charge in [-0.1, -0.05) is 27.7 Å². The van der Waals surface area contributed by atoms with Crippen LogP contribution in [0.15, 0.2) is 10.9 Å². The van der Waals surface area contributed by atoms with Gasteiger partial charge in [-0.05, 0) is 16.7 Å². The summed E-state index contributed by atoms with van der Waals surface area (Å²) in [4.78, 5) is 4.30. The zero-order chi connectivity index (χ0) is 10.6. The van der Waals surface area contributed by atoms with E-state index in [0.717, 1.165) is 5.69 Å². The Morgan fingerprint density at radius 3 is 2.29 bits per heavy atom. The molecule has 0 amide bonds. The van der Waals surface area contributed by atoms with Crippen LogP contribution < -0.4 is 5.73 Å². The molecule has 3 heteroatoms. The second kappa shape index (κ2) is 2.80.